The van der Waals surface area contributed by atoms with Gasteiger partial charge in [0.05, 0.1) is 0 Å². The summed E-state index contributed by atoms with van der Waals surface area (Å²) in [6.45, 7) is 1.50. The highest BCUT2D eigenvalue weighted by atomic mass is 16.5. The molecule has 118 valence electrons. The Kier molecular flexibility index (Phi) is 3.46. The number of allylic oxidation sites excluding steroid dienone is 1. The molecule has 1 fully saturated rings. The summed E-state index contributed by atoms with van der Waals surface area (Å²) in [6, 6.07) is 3.85. The number of fused-ring (bicyclic) bond motifs is 1. The molecule has 4 heterocycles. The standard InChI is InChI=1S/C17H18N4O2/c1-21-16(11-4-7-23-8-5-11)20-14(17(21)22)9-12-10-19-15-13(12)3-2-6-18-15/h2-3,6,9-11,22H,4-5,7-8H2,1H3. The van der Waals surface area contributed by atoms with Crippen LogP contribution in [0.4, 0.5) is 5.82 Å². The first-order valence-corrected chi connectivity index (χ1v) is 7.78. The van der Waals surface area contributed by atoms with E-state index in [1.54, 1.807) is 17.0 Å². The minimum Gasteiger partial charge on any atom is -0.493 e. The summed E-state index contributed by atoms with van der Waals surface area (Å²) in [4.78, 5) is 13.2. The van der Waals surface area contributed by atoms with Crippen molar-refractivity contribution in [3.05, 3.63) is 35.4 Å². The molecule has 2 aromatic heterocycles. The second-order valence-corrected chi connectivity index (χ2v) is 5.86. The van der Waals surface area contributed by atoms with Gasteiger partial charge in [0.1, 0.15) is 11.5 Å². The first-order chi connectivity index (χ1) is 11.2. The van der Waals surface area contributed by atoms with Crippen LogP contribution >= 0.6 is 0 Å². The molecular weight excluding hydrogens is 292 g/mol. The number of ether oxygens (including phenoxy) is 1. The van der Waals surface area contributed by atoms with Crippen molar-refractivity contribution in [2.24, 2.45) is 12.0 Å². The van der Waals surface area contributed by atoms with Gasteiger partial charge in [0.2, 0.25) is 5.88 Å². The van der Waals surface area contributed by atoms with Gasteiger partial charge in [0.25, 0.3) is 0 Å². The topological polar surface area (TPSA) is 72.5 Å². The van der Waals surface area contributed by atoms with Gasteiger partial charge in [0, 0.05) is 49.7 Å². The van der Waals surface area contributed by atoms with Gasteiger partial charge in [-0.3, -0.25) is 0 Å². The number of rotatable bonds is 2. The van der Waals surface area contributed by atoms with Crippen molar-refractivity contribution >= 4 is 23.7 Å². The first-order valence-electron chi connectivity index (χ1n) is 7.78. The minimum atomic E-state index is 0.185. The van der Waals surface area contributed by atoms with Gasteiger partial charge >= 0.3 is 0 Å². The SMILES string of the molecule is Cn1c(C2CCOCC2)nc(C=C2C=Nc3ncccc32)c1O. The number of hydrogen-bond donors (Lipinski definition) is 1. The Labute approximate surface area is 134 Å². The highest BCUT2D eigenvalue weighted by Crippen LogP contribution is 2.34. The summed E-state index contributed by atoms with van der Waals surface area (Å²) < 4.78 is 7.19. The van der Waals surface area contributed by atoms with Crippen LogP contribution in [-0.4, -0.2) is 39.1 Å². The lowest BCUT2D eigenvalue weighted by Gasteiger charge is -2.21. The van der Waals surface area contributed by atoms with Crippen LogP contribution in [0.2, 0.25) is 0 Å². The van der Waals surface area contributed by atoms with Gasteiger partial charge in [-0.15, -0.1) is 0 Å². The van der Waals surface area contributed by atoms with Crippen LogP contribution in [0.15, 0.2) is 23.3 Å². The van der Waals surface area contributed by atoms with Crippen LogP contribution in [0.5, 0.6) is 5.88 Å². The van der Waals surface area contributed by atoms with Gasteiger partial charge in [-0.25, -0.2) is 15.0 Å². The first kappa shape index (κ1) is 14.1. The van der Waals surface area contributed by atoms with Gasteiger partial charge in [-0.05, 0) is 31.1 Å². The quantitative estimate of drug-likeness (QED) is 0.925. The van der Waals surface area contributed by atoms with E-state index in [0.717, 1.165) is 43.0 Å². The summed E-state index contributed by atoms with van der Waals surface area (Å²) in [7, 11) is 1.85. The average Bonchev–Trinajstić information content (AvgIpc) is 3.13. The Bertz CT molecular complexity index is 801. The zero-order valence-electron chi connectivity index (χ0n) is 12.9. The van der Waals surface area contributed by atoms with E-state index in [1.807, 2.05) is 25.3 Å². The van der Waals surface area contributed by atoms with Gasteiger partial charge < -0.3 is 14.4 Å². The molecule has 0 amide bonds. The van der Waals surface area contributed by atoms with E-state index in [-0.39, 0.29) is 5.88 Å². The summed E-state index contributed by atoms with van der Waals surface area (Å²) >= 11 is 0. The fourth-order valence-corrected chi connectivity index (χ4v) is 3.13. The molecule has 0 atom stereocenters. The fourth-order valence-electron chi connectivity index (χ4n) is 3.13. The summed E-state index contributed by atoms with van der Waals surface area (Å²) in [5, 5.41) is 10.4. The molecule has 6 nitrogen and oxygen atoms in total. The molecule has 6 heteroatoms. The molecule has 0 radical (unpaired) electrons. The van der Waals surface area contributed by atoms with Crippen molar-refractivity contribution in [1.82, 2.24) is 14.5 Å². The van der Waals surface area contributed by atoms with E-state index in [1.165, 1.54) is 0 Å². The maximum Gasteiger partial charge on any atom is 0.218 e. The summed E-state index contributed by atoms with van der Waals surface area (Å²) in [5.74, 6) is 2.14. The molecule has 2 aliphatic rings. The van der Waals surface area contributed by atoms with E-state index >= 15 is 0 Å². The lowest BCUT2D eigenvalue weighted by atomic mass is 9.99. The average molecular weight is 310 g/mol. The Balaban J connectivity index is 1.71. The van der Waals surface area contributed by atoms with E-state index in [4.69, 9.17) is 4.74 Å². The zero-order chi connectivity index (χ0) is 15.8. The molecule has 0 spiro atoms. The highest BCUT2D eigenvalue weighted by Gasteiger charge is 2.24. The molecule has 23 heavy (non-hydrogen) atoms. The smallest absolute Gasteiger partial charge is 0.218 e. The predicted molar refractivity (Wildman–Crippen MR) is 87.9 cm³/mol. The van der Waals surface area contributed by atoms with Crippen LogP contribution in [-0.2, 0) is 11.8 Å². The molecule has 0 unspecified atom stereocenters. The highest BCUT2D eigenvalue weighted by molar-refractivity contribution is 6.20. The van der Waals surface area contributed by atoms with Crippen molar-refractivity contribution in [3.8, 4) is 5.88 Å². The van der Waals surface area contributed by atoms with E-state index in [9.17, 15) is 5.11 Å². The number of nitrogens with zero attached hydrogens (tertiary/aromatic N) is 4. The molecule has 1 N–H and O–H groups in total. The normalized spacial score (nSPS) is 19.4. The Morgan fingerprint density at radius 3 is 3.00 bits per heavy atom. The molecule has 2 aliphatic heterocycles. The third-order valence-electron chi connectivity index (χ3n) is 4.43. The molecule has 2 aromatic rings. The number of aliphatic imine (C=N–C) groups is 1. The molecule has 0 saturated carbocycles. The van der Waals surface area contributed by atoms with E-state index < -0.39 is 0 Å². The number of aromatic nitrogens is 3. The van der Waals surface area contributed by atoms with Gasteiger partial charge in [-0.1, -0.05) is 0 Å². The Hall–Kier alpha value is -2.47. The second kappa shape index (κ2) is 5.62. The number of imidazole rings is 1. The third kappa shape index (κ3) is 2.45. The lowest BCUT2D eigenvalue weighted by Crippen LogP contribution is -2.17. The van der Waals surface area contributed by atoms with Crippen molar-refractivity contribution < 1.29 is 9.84 Å². The maximum atomic E-state index is 10.4. The van der Waals surface area contributed by atoms with Crippen LogP contribution in [0.3, 0.4) is 0 Å². The predicted octanol–water partition coefficient (Wildman–Crippen LogP) is 2.67. The van der Waals surface area contributed by atoms with Gasteiger partial charge in [0.15, 0.2) is 5.82 Å². The largest absolute Gasteiger partial charge is 0.493 e. The lowest BCUT2D eigenvalue weighted by molar-refractivity contribution is 0.0829. The molecular formula is C17H18N4O2. The zero-order valence-corrected chi connectivity index (χ0v) is 12.9. The second-order valence-electron chi connectivity index (χ2n) is 5.86. The third-order valence-corrected chi connectivity index (χ3v) is 4.43. The van der Waals surface area contributed by atoms with E-state index in [2.05, 4.69) is 15.0 Å². The fraction of sp³-hybridized carbons (Fsp3) is 0.353. The Morgan fingerprint density at radius 2 is 2.17 bits per heavy atom. The van der Waals surface area contributed by atoms with Crippen LogP contribution in [0.25, 0.3) is 11.6 Å². The number of pyridine rings is 1. The van der Waals surface area contributed by atoms with Crippen molar-refractivity contribution in [3.63, 3.8) is 0 Å². The summed E-state index contributed by atoms with van der Waals surface area (Å²) in [5.41, 5.74) is 2.46. The molecule has 4 rings (SSSR count). The molecule has 1 saturated heterocycles. The van der Waals surface area contributed by atoms with Crippen LogP contribution in [0.1, 0.15) is 35.8 Å². The van der Waals surface area contributed by atoms with Crippen molar-refractivity contribution in [2.45, 2.75) is 18.8 Å². The van der Waals surface area contributed by atoms with Crippen molar-refractivity contribution in [1.29, 1.82) is 0 Å². The maximum absolute atomic E-state index is 10.4. The molecule has 0 aromatic carbocycles. The Morgan fingerprint density at radius 1 is 1.35 bits per heavy atom. The number of hydrogen-bond acceptors (Lipinski definition) is 5. The van der Waals surface area contributed by atoms with Gasteiger partial charge in [-0.2, -0.15) is 0 Å². The minimum absolute atomic E-state index is 0.185. The summed E-state index contributed by atoms with van der Waals surface area (Å²) in [6.07, 6.45) is 7.23. The molecule has 0 aliphatic carbocycles. The molecule has 0 bridgehead atoms. The van der Waals surface area contributed by atoms with Crippen LogP contribution < -0.4 is 0 Å². The van der Waals surface area contributed by atoms with E-state index in [0.29, 0.717) is 17.4 Å². The number of aromatic hydroxyl groups is 1. The monoisotopic (exact) mass is 310 g/mol. The van der Waals surface area contributed by atoms with Crippen molar-refractivity contribution in [2.75, 3.05) is 13.2 Å². The van der Waals surface area contributed by atoms with Crippen LogP contribution in [0, 0.1) is 0 Å².